The van der Waals surface area contributed by atoms with Crippen LogP contribution in [-0.4, -0.2) is 35.9 Å². The third-order valence-electron chi connectivity index (χ3n) is 3.60. The minimum atomic E-state index is -0.524. The van der Waals surface area contributed by atoms with Crippen molar-refractivity contribution >= 4 is 29.3 Å². The maximum atomic E-state index is 13.3. The number of thioether (sulfide) groups is 1. The minimum absolute atomic E-state index is 0.137. The number of benzene rings is 1. The molecular formula is C15H19FN2O2S. The first kappa shape index (κ1) is 15.8. The van der Waals surface area contributed by atoms with Gasteiger partial charge in [0, 0.05) is 12.2 Å². The first-order valence-corrected chi connectivity index (χ1v) is 8.22. The lowest BCUT2D eigenvalue weighted by atomic mass is 10.0. The number of halogens is 1. The second-order valence-corrected chi connectivity index (χ2v) is 6.23. The highest BCUT2D eigenvalue weighted by Crippen LogP contribution is 2.22. The van der Waals surface area contributed by atoms with Gasteiger partial charge in [-0.2, -0.15) is 11.8 Å². The predicted octanol–water partition coefficient (Wildman–Crippen LogP) is 2.19. The molecule has 1 aliphatic heterocycles. The zero-order valence-corrected chi connectivity index (χ0v) is 13.0. The van der Waals surface area contributed by atoms with E-state index < -0.39 is 6.04 Å². The normalized spacial score (nSPS) is 20.2. The summed E-state index contributed by atoms with van der Waals surface area (Å²) >= 11 is 1.44. The molecule has 2 rings (SSSR count). The topological polar surface area (TPSA) is 49.4 Å². The summed E-state index contributed by atoms with van der Waals surface area (Å²) in [6.07, 6.45) is 3.25. The predicted molar refractivity (Wildman–Crippen MR) is 82.9 cm³/mol. The molecule has 1 aromatic carbocycles. The van der Waals surface area contributed by atoms with E-state index in [-0.39, 0.29) is 22.9 Å². The van der Waals surface area contributed by atoms with Crippen LogP contribution in [0.5, 0.6) is 0 Å². The zero-order chi connectivity index (χ0) is 15.4. The summed E-state index contributed by atoms with van der Waals surface area (Å²) in [5.74, 6) is -0.682. The molecule has 1 fully saturated rings. The molecular weight excluding hydrogens is 291 g/mol. The highest BCUT2D eigenvalue weighted by molar-refractivity contribution is 7.99. The van der Waals surface area contributed by atoms with Crippen molar-refractivity contribution in [1.82, 2.24) is 5.32 Å². The van der Waals surface area contributed by atoms with Gasteiger partial charge in [0.1, 0.15) is 11.9 Å². The summed E-state index contributed by atoms with van der Waals surface area (Å²) in [7, 11) is 0. The van der Waals surface area contributed by atoms with Gasteiger partial charge in [-0.3, -0.25) is 9.59 Å². The summed E-state index contributed by atoms with van der Waals surface area (Å²) in [6, 6.07) is 5.44. The molecule has 1 heterocycles. The number of anilines is 1. The van der Waals surface area contributed by atoms with Crippen molar-refractivity contribution in [3.8, 4) is 0 Å². The number of nitrogens with zero attached hydrogens (tertiary/aromatic N) is 1. The molecule has 1 N–H and O–H groups in total. The molecule has 21 heavy (non-hydrogen) atoms. The second-order valence-electron chi connectivity index (χ2n) is 5.05. The number of rotatable bonds is 4. The van der Waals surface area contributed by atoms with Gasteiger partial charge in [0.25, 0.3) is 0 Å². The lowest BCUT2D eigenvalue weighted by Crippen LogP contribution is -2.53. The minimum Gasteiger partial charge on any atom is -0.343 e. The molecule has 0 bridgehead atoms. The summed E-state index contributed by atoms with van der Waals surface area (Å²) in [6.45, 7) is 2.35. The molecule has 0 unspecified atom stereocenters. The molecule has 2 amide bonds. The zero-order valence-electron chi connectivity index (χ0n) is 12.1. The van der Waals surface area contributed by atoms with Crippen LogP contribution in [0.15, 0.2) is 24.3 Å². The Kier molecular flexibility index (Phi) is 5.22. The van der Waals surface area contributed by atoms with Gasteiger partial charge < -0.3 is 10.2 Å². The van der Waals surface area contributed by atoms with Crippen LogP contribution in [0.2, 0.25) is 0 Å². The quantitative estimate of drug-likeness (QED) is 0.927. The van der Waals surface area contributed by atoms with Crippen LogP contribution < -0.4 is 10.2 Å². The largest absolute Gasteiger partial charge is 0.343 e. The van der Waals surface area contributed by atoms with Crippen LogP contribution in [0.3, 0.4) is 0 Å². The van der Waals surface area contributed by atoms with Crippen LogP contribution in [0, 0.1) is 5.82 Å². The second kappa shape index (κ2) is 6.93. The number of amides is 2. The lowest BCUT2D eigenvalue weighted by Gasteiger charge is -2.33. The van der Waals surface area contributed by atoms with Crippen LogP contribution in [0.25, 0.3) is 0 Å². The standard InChI is InChI=1S/C15H19FN2O2S/c1-10(21-2)14(19)17-13-7-4-8-18(15(13)20)12-6-3-5-11(16)9-12/h3,5-6,9-10,13H,4,7-8H2,1-2H3,(H,17,19)/t10-,13+/m1/s1. The number of piperidine rings is 1. The number of hydrogen-bond acceptors (Lipinski definition) is 3. The summed E-state index contributed by atoms with van der Waals surface area (Å²) in [4.78, 5) is 25.9. The van der Waals surface area contributed by atoms with Crippen LogP contribution in [0.1, 0.15) is 19.8 Å². The van der Waals surface area contributed by atoms with E-state index in [1.54, 1.807) is 24.0 Å². The number of hydrogen-bond donors (Lipinski definition) is 1. The van der Waals surface area contributed by atoms with E-state index in [1.807, 2.05) is 6.26 Å². The van der Waals surface area contributed by atoms with Gasteiger partial charge in [-0.25, -0.2) is 4.39 Å². The molecule has 1 aromatic rings. The molecule has 0 spiro atoms. The molecule has 1 saturated heterocycles. The highest BCUT2D eigenvalue weighted by Gasteiger charge is 2.31. The first-order valence-electron chi connectivity index (χ1n) is 6.93. The SMILES string of the molecule is CS[C@H](C)C(=O)N[C@H]1CCCN(c2cccc(F)c2)C1=O. The van der Waals surface area contributed by atoms with Crippen molar-refractivity contribution in [2.75, 3.05) is 17.7 Å². The van der Waals surface area contributed by atoms with Crippen LogP contribution >= 0.6 is 11.8 Å². The summed E-state index contributed by atoms with van der Waals surface area (Å²) in [5.41, 5.74) is 0.539. The van der Waals surface area contributed by atoms with Gasteiger partial charge in [0.2, 0.25) is 11.8 Å². The number of carbonyl (C=O) groups is 2. The van der Waals surface area contributed by atoms with Crippen LogP contribution in [-0.2, 0) is 9.59 Å². The van der Waals surface area contributed by atoms with Gasteiger partial charge >= 0.3 is 0 Å². The van der Waals surface area contributed by atoms with E-state index in [2.05, 4.69) is 5.32 Å². The third-order valence-corrected chi connectivity index (χ3v) is 4.52. The number of carbonyl (C=O) groups excluding carboxylic acids is 2. The number of nitrogens with one attached hydrogen (secondary N) is 1. The molecule has 0 saturated carbocycles. The molecule has 6 heteroatoms. The van der Waals surface area contributed by atoms with Crippen molar-refractivity contribution in [2.24, 2.45) is 0 Å². The van der Waals surface area contributed by atoms with E-state index in [4.69, 9.17) is 0 Å². The Morgan fingerprint density at radius 1 is 1.52 bits per heavy atom. The summed E-state index contributed by atoms with van der Waals surface area (Å²) < 4.78 is 13.3. The average Bonchev–Trinajstić information content (AvgIpc) is 2.48. The van der Waals surface area contributed by atoms with Gasteiger partial charge in [0.15, 0.2) is 0 Å². The monoisotopic (exact) mass is 310 g/mol. The molecule has 114 valence electrons. The molecule has 1 aliphatic rings. The summed E-state index contributed by atoms with van der Waals surface area (Å²) in [5, 5.41) is 2.60. The van der Waals surface area contributed by atoms with Crippen molar-refractivity contribution in [2.45, 2.75) is 31.1 Å². The Balaban J connectivity index is 2.09. The molecule has 2 atom stereocenters. The molecule has 0 radical (unpaired) electrons. The third kappa shape index (κ3) is 3.75. The van der Waals surface area contributed by atoms with E-state index in [1.165, 1.54) is 23.9 Å². The Morgan fingerprint density at radius 3 is 2.95 bits per heavy atom. The Labute approximate surface area is 128 Å². The Hall–Kier alpha value is -1.56. The van der Waals surface area contributed by atoms with Gasteiger partial charge in [-0.15, -0.1) is 0 Å². The first-order chi connectivity index (χ1) is 10.0. The van der Waals surface area contributed by atoms with Crippen molar-refractivity contribution in [3.63, 3.8) is 0 Å². The fourth-order valence-electron chi connectivity index (χ4n) is 2.31. The molecule has 0 aliphatic carbocycles. The Bertz CT molecular complexity index is 538. The fourth-order valence-corrected chi connectivity index (χ4v) is 2.59. The van der Waals surface area contributed by atoms with E-state index in [9.17, 15) is 14.0 Å². The van der Waals surface area contributed by atoms with Crippen molar-refractivity contribution < 1.29 is 14.0 Å². The van der Waals surface area contributed by atoms with E-state index >= 15 is 0 Å². The van der Waals surface area contributed by atoms with Gasteiger partial charge in [-0.1, -0.05) is 6.07 Å². The Morgan fingerprint density at radius 2 is 2.29 bits per heavy atom. The van der Waals surface area contributed by atoms with Crippen LogP contribution in [0.4, 0.5) is 10.1 Å². The van der Waals surface area contributed by atoms with Gasteiger partial charge in [-0.05, 0) is 44.2 Å². The average molecular weight is 310 g/mol. The smallest absolute Gasteiger partial charge is 0.249 e. The lowest BCUT2D eigenvalue weighted by molar-refractivity contribution is -0.128. The van der Waals surface area contributed by atoms with Crippen molar-refractivity contribution in [1.29, 1.82) is 0 Å². The maximum Gasteiger partial charge on any atom is 0.249 e. The maximum absolute atomic E-state index is 13.3. The fraction of sp³-hybridized carbons (Fsp3) is 0.467. The van der Waals surface area contributed by atoms with Crippen molar-refractivity contribution in [3.05, 3.63) is 30.1 Å². The highest BCUT2D eigenvalue weighted by atomic mass is 32.2. The van der Waals surface area contributed by atoms with E-state index in [0.717, 1.165) is 6.42 Å². The molecule has 0 aromatic heterocycles. The van der Waals surface area contributed by atoms with E-state index in [0.29, 0.717) is 18.7 Å². The van der Waals surface area contributed by atoms with Gasteiger partial charge in [0.05, 0.1) is 5.25 Å². The molecule has 4 nitrogen and oxygen atoms in total.